The maximum atomic E-state index is 10.0. The quantitative estimate of drug-likeness (QED) is 0.350. The van der Waals surface area contributed by atoms with Crippen LogP contribution in [-0.4, -0.2) is 36.7 Å². The number of rotatable bonds is 10. The van der Waals surface area contributed by atoms with Crippen molar-refractivity contribution in [2.24, 2.45) is 0 Å². The van der Waals surface area contributed by atoms with Crippen molar-refractivity contribution < 1.29 is 14.6 Å². The van der Waals surface area contributed by atoms with Crippen molar-refractivity contribution in [2.45, 2.75) is 64.7 Å². The Morgan fingerprint density at radius 3 is 1.81 bits per heavy atom. The van der Waals surface area contributed by atoms with E-state index >= 15 is 0 Å². The van der Waals surface area contributed by atoms with Crippen molar-refractivity contribution >= 4 is 25.0 Å². The average Bonchev–Trinajstić information content (AvgIpc) is 2.20. The molecular weight excluding hydrogens is 199 g/mol. The van der Waals surface area contributed by atoms with E-state index < -0.39 is 6.16 Å². The van der Waals surface area contributed by atoms with Crippen LogP contribution in [0.15, 0.2) is 0 Å². The number of hydrogen-bond acceptors (Lipinski definition) is 2. The minimum absolute atomic E-state index is 0. The molecule has 0 aliphatic rings. The number of carbonyl (C=O) groups is 1. The molecule has 0 saturated heterocycles. The predicted octanol–water partition coefficient (Wildman–Crippen LogP) is 3.56. The van der Waals surface area contributed by atoms with Gasteiger partial charge in [0.05, 0.1) is 6.61 Å². The third-order valence-electron chi connectivity index (χ3n) is 2.47. The second-order valence-electron chi connectivity index (χ2n) is 3.94. The topological polar surface area (TPSA) is 46.5 Å². The molecule has 0 aromatic heterocycles. The van der Waals surface area contributed by atoms with Gasteiger partial charge in [0.1, 0.15) is 0 Å². The fourth-order valence-electron chi connectivity index (χ4n) is 1.57. The molecular formula is C12H25LiO3. The number of unbranched alkanes of at least 4 members (excludes halogenated alkanes) is 8. The van der Waals surface area contributed by atoms with E-state index in [0.29, 0.717) is 6.61 Å². The number of hydrogen-bond donors (Lipinski definition) is 1. The maximum absolute atomic E-state index is 10.0. The summed E-state index contributed by atoms with van der Waals surface area (Å²) in [5, 5.41) is 8.21. The van der Waals surface area contributed by atoms with Crippen LogP contribution in [0.1, 0.15) is 64.7 Å². The van der Waals surface area contributed by atoms with Gasteiger partial charge in [-0.05, 0) is 6.42 Å². The van der Waals surface area contributed by atoms with Crippen molar-refractivity contribution in [1.29, 1.82) is 0 Å². The van der Waals surface area contributed by atoms with Crippen LogP contribution in [-0.2, 0) is 4.74 Å². The fourth-order valence-corrected chi connectivity index (χ4v) is 1.57. The van der Waals surface area contributed by atoms with Crippen LogP contribution in [0.25, 0.3) is 0 Å². The Morgan fingerprint density at radius 1 is 0.938 bits per heavy atom. The molecule has 0 radical (unpaired) electrons. The first-order valence-corrected chi connectivity index (χ1v) is 6.13. The first-order chi connectivity index (χ1) is 7.27. The van der Waals surface area contributed by atoms with Crippen LogP contribution < -0.4 is 0 Å². The zero-order chi connectivity index (χ0) is 11.4. The molecule has 92 valence electrons. The molecule has 4 heteroatoms. The Bertz CT molecular complexity index is 151. The summed E-state index contributed by atoms with van der Waals surface area (Å²) in [6, 6.07) is 0. The second kappa shape index (κ2) is 14.9. The molecule has 0 fully saturated rings. The van der Waals surface area contributed by atoms with Crippen molar-refractivity contribution in [3.05, 3.63) is 0 Å². The molecule has 0 aromatic rings. The van der Waals surface area contributed by atoms with Crippen molar-refractivity contribution in [3.8, 4) is 0 Å². The molecule has 0 atom stereocenters. The molecule has 0 bridgehead atoms. The van der Waals surface area contributed by atoms with E-state index in [9.17, 15) is 4.79 Å². The van der Waals surface area contributed by atoms with Gasteiger partial charge in [-0.15, -0.1) is 0 Å². The van der Waals surface area contributed by atoms with Crippen LogP contribution in [0.3, 0.4) is 0 Å². The van der Waals surface area contributed by atoms with Gasteiger partial charge in [0, 0.05) is 0 Å². The van der Waals surface area contributed by atoms with E-state index in [2.05, 4.69) is 11.7 Å². The van der Waals surface area contributed by atoms with Gasteiger partial charge in [-0.25, -0.2) is 4.79 Å². The summed E-state index contributed by atoms with van der Waals surface area (Å²) in [7, 11) is 0. The van der Waals surface area contributed by atoms with Crippen molar-refractivity contribution in [3.63, 3.8) is 0 Å². The van der Waals surface area contributed by atoms with Gasteiger partial charge < -0.3 is 9.84 Å². The molecule has 0 aliphatic carbocycles. The van der Waals surface area contributed by atoms with E-state index in [0.717, 1.165) is 12.8 Å². The van der Waals surface area contributed by atoms with Crippen molar-refractivity contribution in [2.75, 3.05) is 6.61 Å². The Kier molecular flexibility index (Phi) is 16.9. The molecule has 0 rings (SSSR count). The normalized spacial score (nSPS) is 9.56. The summed E-state index contributed by atoms with van der Waals surface area (Å²) in [6.07, 6.45) is 9.94. The molecule has 0 heterocycles. The Balaban J connectivity index is 0. The summed E-state index contributed by atoms with van der Waals surface area (Å²) >= 11 is 0. The van der Waals surface area contributed by atoms with Gasteiger partial charge in [-0.3, -0.25) is 0 Å². The fraction of sp³-hybridized carbons (Fsp3) is 0.917. The molecule has 0 spiro atoms. The Hall–Kier alpha value is -0.133. The van der Waals surface area contributed by atoms with Gasteiger partial charge in [-0.1, -0.05) is 58.3 Å². The van der Waals surface area contributed by atoms with E-state index in [1.165, 1.54) is 44.9 Å². The molecule has 0 saturated carbocycles. The zero-order valence-corrected chi connectivity index (χ0v) is 9.83. The van der Waals surface area contributed by atoms with Crippen LogP contribution in [0.4, 0.5) is 4.79 Å². The molecule has 0 aromatic carbocycles. The van der Waals surface area contributed by atoms with Gasteiger partial charge in [0.15, 0.2) is 0 Å². The molecule has 0 aliphatic heterocycles. The summed E-state index contributed by atoms with van der Waals surface area (Å²) in [5.41, 5.74) is 0. The van der Waals surface area contributed by atoms with E-state index in [1.54, 1.807) is 0 Å². The number of ether oxygens (including phenoxy) is 1. The van der Waals surface area contributed by atoms with Gasteiger partial charge in [0.25, 0.3) is 0 Å². The van der Waals surface area contributed by atoms with Gasteiger partial charge in [0.2, 0.25) is 0 Å². The first-order valence-electron chi connectivity index (χ1n) is 6.13. The third-order valence-corrected chi connectivity index (χ3v) is 2.47. The third kappa shape index (κ3) is 16.3. The second-order valence-corrected chi connectivity index (χ2v) is 3.94. The Labute approximate surface area is 111 Å². The van der Waals surface area contributed by atoms with E-state index in [4.69, 9.17) is 5.11 Å². The molecule has 0 amide bonds. The predicted molar refractivity (Wildman–Crippen MR) is 68.4 cm³/mol. The minimum atomic E-state index is -1.16. The summed E-state index contributed by atoms with van der Waals surface area (Å²) in [4.78, 5) is 10.0. The summed E-state index contributed by atoms with van der Waals surface area (Å²) < 4.78 is 4.42. The molecule has 1 N–H and O–H groups in total. The van der Waals surface area contributed by atoms with Crippen LogP contribution in [0.5, 0.6) is 0 Å². The van der Waals surface area contributed by atoms with Gasteiger partial charge >= 0.3 is 25.0 Å². The van der Waals surface area contributed by atoms with Crippen LogP contribution in [0, 0.1) is 0 Å². The first kappa shape index (κ1) is 18.2. The molecule has 3 nitrogen and oxygen atoms in total. The SMILES string of the molecule is CCCCCCCCCCCOC(=O)O.[LiH]. The zero-order valence-electron chi connectivity index (χ0n) is 9.83. The van der Waals surface area contributed by atoms with Crippen molar-refractivity contribution in [1.82, 2.24) is 0 Å². The average molecular weight is 224 g/mol. The summed E-state index contributed by atoms with van der Waals surface area (Å²) in [6.45, 7) is 2.58. The van der Waals surface area contributed by atoms with E-state index in [1.807, 2.05) is 0 Å². The summed E-state index contributed by atoms with van der Waals surface area (Å²) in [5.74, 6) is 0. The van der Waals surface area contributed by atoms with E-state index in [-0.39, 0.29) is 18.9 Å². The van der Waals surface area contributed by atoms with Crippen LogP contribution in [0.2, 0.25) is 0 Å². The van der Waals surface area contributed by atoms with Gasteiger partial charge in [-0.2, -0.15) is 0 Å². The van der Waals surface area contributed by atoms with Crippen LogP contribution >= 0.6 is 0 Å². The number of carboxylic acid groups (broad SMARTS) is 1. The monoisotopic (exact) mass is 224 g/mol. The standard InChI is InChI=1S/C12H24O3.Li.H/c1-2-3-4-5-6-7-8-9-10-11-15-12(13)14;;/h2-11H2,1H3,(H,13,14);;. The molecule has 16 heavy (non-hydrogen) atoms. The Morgan fingerprint density at radius 2 is 1.38 bits per heavy atom. The molecule has 0 unspecified atom stereocenters.